The first-order chi connectivity index (χ1) is 9.47. The van der Waals surface area contributed by atoms with Gasteiger partial charge in [0.05, 0.1) is 6.04 Å². The average molecular weight is 293 g/mol. The van der Waals surface area contributed by atoms with Crippen LogP contribution in [0.25, 0.3) is 0 Å². The van der Waals surface area contributed by atoms with Crippen molar-refractivity contribution in [1.29, 1.82) is 0 Å². The van der Waals surface area contributed by atoms with Crippen LogP contribution >= 0.6 is 11.6 Å². The van der Waals surface area contributed by atoms with Gasteiger partial charge in [-0.05, 0) is 43.2 Å². The number of carbonyl (C=O) groups is 1. The van der Waals surface area contributed by atoms with E-state index >= 15 is 0 Å². The van der Waals surface area contributed by atoms with Gasteiger partial charge in [0.25, 0.3) is 5.91 Å². The molecule has 1 heterocycles. The Labute approximate surface area is 121 Å². The molecule has 0 aliphatic carbocycles. The SMILES string of the molecule is Cc1ccc(C(C)NC(=O)c2cccc(Cl)n2)cc1F. The van der Waals surface area contributed by atoms with Gasteiger partial charge in [0.1, 0.15) is 16.7 Å². The van der Waals surface area contributed by atoms with Gasteiger partial charge < -0.3 is 5.32 Å². The van der Waals surface area contributed by atoms with Crippen LogP contribution in [-0.2, 0) is 0 Å². The van der Waals surface area contributed by atoms with Gasteiger partial charge in [-0.3, -0.25) is 4.79 Å². The summed E-state index contributed by atoms with van der Waals surface area (Å²) in [6, 6.07) is 9.39. The van der Waals surface area contributed by atoms with E-state index in [1.54, 1.807) is 44.2 Å². The van der Waals surface area contributed by atoms with E-state index in [0.717, 1.165) is 0 Å². The van der Waals surface area contributed by atoms with Gasteiger partial charge in [-0.15, -0.1) is 0 Å². The van der Waals surface area contributed by atoms with Crippen molar-refractivity contribution in [2.45, 2.75) is 19.9 Å². The first-order valence-electron chi connectivity index (χ1n) is 6.17. The number of rotatable bonds is 3. The van der Waals surface area contributed by atoms with Crippen LogP contribution in [0.4, 0.5) is 4.39 Å². The van der Waals surface area contributed by atoms with Gasteiger partial charge in [0, 0.05) is 0 Å². The highest BCUT2D eigenvalue weighted by atomic mass is 35.5. The topological polar surface area (TPSA) is 42.0 Å². The Bertz CT molecular complexity index is 646. The van der Waals surface area contributed by atoms with Gasteiger partial charge >= 0.3 is 0 Å². The number of nitrogens with one attached hydrogen (secondary N) is 1. The van der Waals surface area contributed by atoms with Crippen molar-refractivity contribution in [3.8, 4) is 0 Å². The normalized spacial score (nSPS) is 12.0. The molecular formula is C15H14ClFN2O. The Balaban J connectivity index is 2.13. The summed E-state index contributed by atoms with van der Waals surface area (Å²) in [6.07, 6.45) is 0. The zero-order valence-electron chi connectivity index (χ0n) is 11.2. The molecule has 5 heteroatoms. The fourth-order valence-electron chi connectivity index (χ4n) is 1.77. The summed E-state index contributed by atoms with van der Waals surface area (Å²) in [6.45, 7) is 3.48. The molecule has 3 nitrogen and oxygen atoms in total. The zero-order chi connectivity index (χ0) is 14.7. The lowest BCUT2D eigenvalue weighted by atomic mass is 10.1. The highest BCUT2D eigenvalue weighted by Gasteiger charge is 2.13. The van der Waals surface area contributed by atoms with Crippen LogP contribution in [-0.4, -0.2) is 10.9 Å². The van der Waals surface area contributed by atoms with Crippen molar-refractivity contribution in [3.63, 3.8) is 0 Å². The smallest absolute Gasteiger partial charge is 0.270 e. The lowest BCUT2D eigenvalue weighted by Gasteiger charge is -2.14. The maximum absolute atomic E-state index is 13.5. The molecule has 0 saturated heterocycles. The van der Waals surface area contributed by atoms with Crippen molar-refractivity contribution in [3.05, 3.63) is 64.2 Å². The molecule has 1 unspecified atom stereocenters. The first-order valence-corrected chi connectivity index (χ1v) is 6.54. The van der Waals surface area contributed by atoms with Crippen LogP contribution in [0.5, 0.6) is 0 Å². The second kappa shape index (κ2) is 6.01. The minimum Gasteiger partial charge on any atom is -0.344 e. The number of hydrogen-bond acceptors (Lipinski definition) is 2. The number of pyridine rings is 1. The summed E-state index contributed by atoms with van der Waals surface area (Å²) in [5.74, 6) is -0.634. The van der Waals surface area contributed by atoms with E-state index in [2.05, 4.69) is 10.3 Å². The van der Waals surface area contributed by atoms with Crippen LogP contribution < -0.4 is 5.32 Å². The Morgan fingerprint density at radius 3 is 2.75 bits per heavy atom. The number of halogens is 2. The molecule has 0 bridgehead atoms. The van der Waals surface area contributed by atoms with E-state index in [1.165, 1.54) is 6.07 Å². The summed E-state index contributed by atoms with van der Waals surface area (Å²) in [5.41, 5.74) is 1.50. The predicted octanol–water partition coefficient (Wildman–Crippen LogP) is 3.67. The molecule has 1 N–H and O–H groups in total. The minimum absolute atomic E-state index is 0.233. The van der Waals surface area contributed by atoms with Crippen LogP contribution in [0.2, 0.25) is 5.15 Å². The number of aryl methyl sites for hydroxylation is 1. The molecule has 1 aromatic carbocycles. The number of benzene rings is 1. The average Bonchev–Trinajstić information content (AvgIpc) is 2.41. The second-order valence-electron chi connectivity index (χ2n) is 4.55. The molecule has 1 atom stereocenters. The first kappa shape index (κ1) is 14.5. The van der Waals surface area contributed by atoms with Gasteiger partial charge in [0.15, 0.2) is 0 Å². The van der Waals surface area contributed by atoms with E-state index in [4.69, 9.17) is 11.6 Å². The van der Waals surface area contributed by atoms with Gasteiger partial charge in [-0.2, -0.15) is 0 Å². The Hall–Kier alpha value is -1.94. The molecule has 0 spiro atoms. The molecule has 0 aliphatic rings. The molecule has 20 heavy (non-hydrogen) atoms. The molecular weight excluding hydrogens is 279 g/mol. The fraction of sp³-hybridized carbons (Fsp3) is 0.200. The van der Waals surface area contributed by atoms with Crippen molar-refractivity contribution < 1.29 is 9.18 Å². The number of aromatic nitrogens is 1. The van der Waals surface area contributed by atoms with Crippen LogP contribution in [0, 0.1) is 12.7 Å². The molecule has 2 rings (SSSR count). The van der Waals surface area contributed by atoms with Gasteiger partial charge in [-0.25, -0.2) is 9.37 Å². The summed E-state index contributed by atoms with van der Waals surface area (Å²) < 4.78 is 13.5. The molecule has 0 aliphatic heterocycles. The van der Waals surface area contributed by atoms with Gasteiger partial charge in [-0.1, -0.05) is 29.8 Å². The molecule has 0 saturated carbocycles. The fourth-order valence-corrected chi connectivity index (χ4v) is 1.93. The molecule has 0 radical (unpaired) electrons. The monoisotopic (exact) mass is 292 g/mol. The number of amides is 1. The summed E-state index contributed by atoms with van der Waals surface area (Å²) in [5, 5.41) is 3.02. The van der Waals surface area contributed by atoms with E-state index in [-0.39, 0.29) is 28.6 Å². The van der Waals surface area contributed by atoms with Crippen molar-refractivity contribution >= 4 is 17.5 Å². The number of nitrogens with zero attached hydrogens (tertiary/aromatic N) is 1. The summed E-state index contributed by atoms with van der Waals surface area (Å²) in [7, 11) is 0. The summed E-state index contributed by atoms with van der Waals surface area (Å²) >= 11 is 5.74. The van der Waals surface area contributed by atoms with Gasteiger partial charge in [0.2, 0.25) is 0 Å². The van der Waals surface area contributed by atoms with E-state index in [0.29, 0.717) is 11.1 Å². The lowest BCUT2D eigenvalue weighted by Crippen LogP contribution is -2.27. The standard InChI is InChI=1S/C15H14ClFN2O/c1-9-6-7-11(8-12(9)17)10(2)18-15(20)13-4-3-5-14(16)19-13/h3-8,10H,1-2H3,(H,18,20). The Kier molecular flexibility index (Phi) is 4.35. The van der Waals surface area contributed by atoms with Crippen LogP contribution in [0.3, 0.4) is 0 Å². The molecule has 2 aromatic rings. The third-order valence-electron chi connectivity index (χ3n) is 2.99. The number of hydrogen-bond donors (Lipinski definition) is 1. The Morgan fingerprint density at radius 2 is 2.10 bits per heavy atom. The van der Waals surface area contributed by atoms with Crippen LogP contribution in [0.15, 0.2) is 36.4 Å². The third kappa shape index (κ3) is 3.33. The summed E-state index contributed by atoms with van der Waals surface area (Å²) in [4.78, 5) is 15.9. The predicted molar refractivity (Wildman–Crippen MR) is 76.3 cm³/mol. The molecule has 104 valence electrons. The van der Waals surface area contributed by atoms with Crippen molar-refractivity contribution in [2.75, 3.05) is 0 Å². The third-order valence-corrected chi connectivity index (χ3v) is 3.20. The molecule has 1 amide bonds. The van der Waals surface area contributed by atoms with Crippen molar-refractivity contribution in [2.24, 2.45) is 0 Å². The van der Waals surface area contributed by atoms with Crippen LogP contribution in [0.1, 0.15) is 34.6 Å². The maximum atomic E-state index is 13.5. The minimum atomic E-state index is -0.346. The highest BCUT2D eigenvalue weighted by Crippen LogP contribution is 2.17. The van der Waals surface area contributed by atoms with E-state index in [9.17, 15) is 9.18 Å². The second-order valence-corrected chi connectivity index (χ2v) is 4.94. The lowest BCUT2D eigenvalue weighted by molar-refractivity contribution is 0.0935. The largest absolute Gasteiger partial charge is 0.344 e. The van der Waals surface area contributed by atoms with Crippen molar-refractivity contribution in [1.82, 2.24) is 10.3 Å². The Morgan fingerprint density at radius 1 is 1.35 bits per heavy atom. The number of carbonyl (C=O) groups excluding carboxylic acids is 1. The zero-order valence-corrected chi connectivity index (χ0v) is 11.9. The highest BCUT2D eigenvalue weighted by molar-refractivity contribution is 6.29. The quantitative estimate of drug-likeness (QED) is 0.877. The van der Waals surface area contributed by atoms with E-state index in [1.807, 2.05) is 0 Å². The molecule has 1 aromatic heterocycles. The molecule has 0 fully saturated rings. The maximum Gasteiger partial charge on any atom is 0.270 e. The van der Waals surface area contributed by atoms with E-state index < -0.39 is 0 Å².